The lowest BCUT2D eigenvalue weighted by molar-refractivity contribution is -0.140. The molecule has 2 N–H and O–H groups in total. The Labute approximate surface area is 204 Å². The second-order valence-corrected chi connectivity index (χ2v) is 9.14. The zero-order chi connectivity index (χ0) is 26.0. The first-order valence-corrected chi connectivity index (χ1v) is 11.6. The molecular formula is C25H26F5N5O. The maximum absolute atomic E-state index is 14.1. The Hall–Kier alpha value is -3.50. The van der Waals surface area contributed by atoms with Gasteiger partial charge in [0.25, 0.3) is 5.91 Å². The summed E-state index contributed by atoms with van der Waals surface area (Å²) in [7, 11) is 3.84. The van der Waals surface area contributed by atoms with Crippen molar-refractivity contribution in [3.05, 3.63) is 59.2 Å². The summed E-state index contributed by atoms with van der Waals surface area (Å²) in [6, 6.07) is 8.93. The first kappa shape index (κ1) is 25.6. The van der Waals surface area contributed by atoms with E-state index in [4.69, 9.17) is 0 Å². The van der Waals surface area contributed by atoms with Crippen LogP contribution in [0.1, 0.15) is 41.6 Å². The third kappa shape index (κ3) is 5.50. The summed E-state index contributed by atoms with van der Waals surface area (Å²) in [5.41, 5.74) is -1.65. The summed E-state index contributed by atoms with van der Waals surface area (Å²) in [5, 5.41) is 6.87. The van der Waals surface area contributed by atoms with Crippen molar-refractivity contribution in [3.8, 4) is 0 Å². The number of alkyl halides is 3. The molecular weight excluding hydrogens is 481 g/mol. The van der Waals surface area contributed by atoms with Crippen molar-refractivity contribution >= 4 is 28.6 Å². The Morgan fingerprint density at radius 2 is 1.69 bits per heavy atom. The average molecular weight is 508 g/mol. The Morgan fingerprint density at radius 3 is 2.36 bits per heavy atom. The molecule has 4 rings (SSSR count). The summed E-state index contributed by atoms with van der Waals surface area (Å²) >= 11 is 0. The first-order valence-electron chi connectivity index (χ1n) is 11.6. The quantitative estimate of drug-likeness (QED) is 0.438. The number of aromatic nitrogens is 2. The molecule has 11 heteroatoms. The second kappa shape index (κ2) is 10.2. The highest BCUT2D eigenvalue weighted by atomic mass is 19.4. The number of benzene rings is 2. The van der Waals surface area contributed by atoms with Crippen LogP contribution in [0.25, 0.3) is 10.9 Å². The van der Waals surface area contributed by atoms with Crippen LogP contribution in [0.3, 0.4) is 0 Å². The molecule has 6 nitrogen and oxygen atoms in total. The van der Waals surface area contributed by atoms with Crippen LogP contribution in [0.15, 0.2) is 36.4 Å². The highest BCUT2D eigenvalue weighted by Gasteiger charge is 2.36. The van der Waals surface area contributed by atoms with Crippen LogP contribution in [-0.2, 0) is 6.18 Å². The predicted octanol–water partition coefficient (Wildman–Crippen LogP) is 5.39. The molecule has 0 aliphatic heterocycles. The van der Waals surface area contributed by atoms with Gasteiger partial charge in [0.1, 0.15) is 5.82 Å². The van der Waals surface area contributed by atoms with Crippen LogP contribution >= 0.6 is 0 Å². The lowest BCUT2D eigenvalue weighted by atomic mass is 9.86. The van der Waals surface area contributed by atoms with E-state index in [0.717, 1.165) is 42.4 Å². The minimum atomic E-state index is -5.04. The molecule has 36 heavy (non-hydrogen) atoms. The maximum atomic E-state index is 14.1. The van der Waals surface area contributed by atoms with Crippen molar-refractivity contribution in [1.29, 1.82) is 0 Å². The van der Waals surface area contributed by atoms with Crippen LogP contribution in [0, 0.1) is 17.6 Å². The van der Waals surface area contributed by atoms with E-state index >= 15 is 0 Å². The van der Waals surface area contributed by atoms with Crippen molar-refractivity contribution in [2.45, 2.75) is 37.9 Å². The van der Waals surface area contributed by atoms with Gasteiger partial charge < -0.3 is 15.5 Å². The number of hydrogen-bond acceptors (Lipinski definition) is 5. The van der Waals surface area contributed by atoms with E-state index in [2.05, 4.69) is 20.6 Å². The number of carbonyl (C=O) groups excluding carboxylic acids is 1. The Kier molecular flexibility index (Phi) is 7.28. The fraction of sp³-hybridized carbons (Fsp3) is 0.400. The summed E-state index contributed by atoms with van der Waals surface area (Å²) in [4.78, 5) is 23.5. The normalized spacial score (nSPS) is 18.2. The van der Waals surface area contributed by atoms with Gasteiger partial charge >= 0.3 is 6.18 Å². The third-order valence-electron chi connectivity index (χ3n) is 6.37. The summed E-state index contributed by atoms with van der Waals surface area (Å²) in [6.45, 7) is 0.213. The number of anilines is 2. The lowest BCUT2D eigenvalue weighted by Crippen LogP contribution is -2.34. The third-order valence-corrected chi connectivity index (χ3v) is 6.37. The molecule has 0 radical (unpaired) electrons. The molecule has 3 aromatic rings. The Balaban J connectivity index is 1.33. The Morgan fingerprint density at radius 1 is 1.00 bits per heavy atom. The summed E-state index contributed by atoms with van der Waals surface area (Å²) < 4.78 is 66.0. The van der Waals surface area contributed by atoms with Crippen molar-refractivity contribution < 1.29 is 26.7 Å². The molecule has 0 spiro atoms. The van der Waals surface area contributed by atoms with Crippen LogP contribution < -0.4 is 15.5 Å². The number of carbonyl (C=O) groups is 1. The van der Waals surface area contributed by atoms with Gasteiger partial charge in [-0.3, -0.25) is 4.79 Å². The number of fused-ring (bicyclic) bond motifs is 1. The zero-order valence-corrected chi connectivity index (χ0v) is 19.8. The smallest absolute Gasteiger partial charge is 0.362 e. The number of nitrogens with one attached hydrogen (secondary N) is 2. The molecule has 1 heterocycles. The van der Waals surface area contributed by atoms with Crippen molar-refractivity contribution in [2.24, 2.45) is 5.92 Å². The van der Waals surface area contributed by atoms with Gasteiger partial charge in [-0.05, 0) is 55.9 Å². The van der Waals surface area contributed by atoms with Crippen LogP contribution in [0.5, 0.6) is 0 Å². The average Bonchev–Trinajstić information content (AvgIpc) is 2.83. The largest absolute Gasteiger partial charge is 0.419 e. The van der Waals surface area contributed by atoms with Gasteiger partial charge in [-0.2, -0.15) is 18.2 Å². The van der Waals surface area contributed by atoms with E-state index < -0.39 is 34.8 Å². The van der Waals surface area contributed by atoms with Crippen molar-refractivity contribution in [1.82, 2.24) is 15.3 Å². The minimum absolute atomic E-state index is 0.101. The fourth-order valence-electron chi connectivity index (χ4n) is 4.43. The maximum Gasteiger partial charge on any atom is 0.419 e. The van der Waals surface area contributed by atoms with Crippen molar-refractivity contribution in [2.75, 3.05) is 30.9 Å². The second-order valence-electron chi connectivity index (χ2n) is 9.14. The number of para-hydroxylation sites is 1. The molecule has 1 aliphatic rings. The van der Waals surface area contributed by atoms with E-state index in [1.807, 2.05) is 43.3 Å². The predicted molar refractivity (Wildman–Crippen MR) is 127 cm³/mol. The topological polar surface area (TPSA) is 70.2 Å². The van der Waals surface area contributed by atoms with Gasteiger partial charge in [-0.15, -0.1) is 0 Å². The SMILES string of the molecule is CN(C)c1nc(NC2CCC(CNC(=O)c3ccc(C(F)(F)F)c(F)c3F)CC2)nc2ccccc12. The molecule has 1 aliphatic carbocycles. The number of amides is 1. The summed E-state index contributed by atoms with van der Waals surface area (Å²) in [6.07, 6.45) is -1.95. The first-order chi connectivity index (χ1) is 17.0. The molecule has 0 saturated heterocycles. The van der Waals surface area contributed by atoms with Crippen molar-refractivity contribution in [3.63, 3.8) is 0 Å². The van der Waals surface area contributed by atoms with Crippen LogP contribution in [0.4, 0.5) is 33.7 Å². The molecule has 192 valence electrons. The molecule has 1 saturated carbocycles. The number of halogens is 5. The minimum Gasteiger partial charge on any atom is -0.362 e. The molecule has 1 fully saturated rings. The number of hydrogen-bond donors (Lipinski definition) is 2. The monoisotopic (exact) mass is 507 g/mol. The zero-order valence-electron chi connectivity index (χ0n) is 19.8. The van der Waals surface area contributed by atoms with Gasteiger partial charge in [0.2, 0.25) is 5.95 Å². The molecule has 1 amide bonds. The van der Waals surface area contributed by atoms with E-state index in [-0.39, 0.29) is 18.5 Å². The van der Waals surface area contributed by atoms with E-state index in [9.17, 15) is 26.7 Å². The lowest BCUT2D eigenvalue weighted by Gasteiger charge is -2.29. The van der Waals surface area contributed by atoms with Crippen LogP contribution in [-0.4, -0.2) is 42.6 Å². The van der Waals surface area contributed by atoms with Gasteiger partial charge in [-0.1, -0.05) is 12.1 Å². The highest BCUT2D eigenvalue weighted by Crippen LogP contribution is 2.33. The standard InChI is InChI=1S/C25H26F5N5O/c1-35(2)22-16-5-3-4-6-19(16)33-24(34-22)32-15-9-7-14(8-10-15)13-31-23(36)17-11-12-18(25(28,29)30)21(27)20(17)26/h3-6,11-12,14-15H,7-10,13H2,1-2H3,(H,31,36)(H,32,33,34). The van der Waals surface area contributed by atoms with Gasteiger partial charge in [-0.25, -0.2) is 13.8 Å². The molecule has 2 aromatic carbocycles. The van der Waals surface area contributed by atoms with Gasteiger partial charge in [0, 0.05) is 32.1 Å². The van der Waals surface area contributed by atoms with Gasteiger partial charge in [0.15, 0.2) is 11.6 Å². The molecule has 0 bridgehead atoms. The summed E-state index contributed by atoms with van der Waals surface area (Å²) in [5.74, 6) is -3.37. The highest BCUT2D eigenvalue weighted by molar-refractivity contribution is 5.94. The molecule has 0 unspecified atom stereocenters. The molecule has 0 atom stereocenters. The fourth-order valence-corrected chi connectivity index (χ4v) is 4.43. The number of nitrogens with zero attached hydrogens (tertiary/aromatic N) is 3. The van der Waals surface area contributed by atoms with Crippen LogP contribution in [0.2, 0.25) is 0 Å². The van der Waals surface area contributed by atoms with Gasteiger partial charge in [0.05, 0.1) is 16.6 Å². The molecule has 1 aromatic heterocycles. The van der Waals surface area contributed by atoms with E-state index in [1.165, 1.54) is 0 Å². The Bertz CT molecular complexity index is 1260. The van der Waals surface area contributed by atoms with E-state index in [0.29, 0.717) is 18.1 Å². The number of rotatable bonds is 6. The van der Waals surface area contributed by atoms with E-state index in [1.54, 1.807) is 0 Å².